The fourth-order valence-electron chi connectivity index (χ4n) is 0.420. The minimum atomic E-state index is 0.0718. The number of rotatable bonds is 0. The molecular formula is C6H5O. The molecule has 0 saturated heterocycles. The van der Waals surface area contributed by atoms with Gasteiger partial charge < -0.3 is 0 Å². The van der Waals surface area contributed by atoms with Gasteiger partial charge in [0.1, 0.15) is 0 Å². The molecule has 0 heterocycles. The molecule has 7 heavy (non-hydrogen) atoms. The van der Waals surface area contributed by atoms with E-state index in [1.54, 1.807) is 12.1 Å². The Balaban J connectivity index is 3.02. The average Bonchev–Trinajstić information content (AvgIpc) is 1.69. The number of para-hydroxylation sites is 1. The second-order valence-corrected chi connectivity index (χ2v) is 1.31. The Labute approximate surface area is 42.2 Å². The zero-order valence-electron chi connectivity index (χ0n) is 3.79. The minimum absolute atomic E-state index is 0.0718. The molecule has 0 unspecified atom stereocenters. The summed E-state index contributed by atoms with van der Waals surface area (Å²) in [7, 11) is 0. The lowest BCUT2D eigenvalue weighted by molar-refractivity contribution is 0.355. The maximum atomic E-state index is 10.3. The minimum Gasteiger partial charge on any atom is -0.290 e. The van der Waals surface area contributed by atoms with Crippen LogP contribution in [0.4, 0.5) is 0 Å². The van der Waals surface area contributed by atoms with Crippen LogP contribution in [-0.2, 0) is 5.11 Å². The van der Waals surface area contributed by atoms with Gasteiger partial charge in [-0.1, -0.05) is 18.2 Å². The highest BCUT2D eigenvalue weighted by Crippen LogP contribution is 2.04. The second kappa shape index (κ2) is 1.65. The lowest BCUT2D eigenvalue weighted by Gasteiger charge is -1.77. The van der Waals surface area contributed by atoms with Gasteiger partial charge in [-0.15, -0.1) is 0 Å². The second-order valence-electron chi connectivity index (χ2n) is 1.31. The Morgan fingerprint density at radius 1 is 1.00 bits per heavy atom. The predicted molar refractivity (Wildman–Crippen MR) is 26.6 cm³/mol. The topological polar surface area (TPSA) is 19.9 Å². The Bertz CT molecular complexity index is 134. The van der Waals surface area contributed by atoms with Crippen molar-refractivity contribution in [3.05, 3.63) is 30.3 Å². The Morgan fingerprint density at radius 2 is 1.57 bits per heavy atom. The average molecular weight is 95.1 g/mol. The molecule has 0 atom stereocenters. The third kappa shape index (κ3) is 0.929. The third-order valence-electron chi connectivity index (χ3n) is 0.743. The van der Waals surface area contributed by atoms with Crippen LogP contribution in [0.2, 0.25) is 0 Å². The van der Waals surface area contributed by atoms with E-state index in [1.807, 2.05) is 6.07 Å². The van der Waals surface area contributed by atoms with Crippen molar-refractivity contribution in [2.75, 3.05) is 0 Å². The van der Waals surface area contributed by atoms with Gasteiger partial charge in [-0.2, -0.15) is 0 Å². The number of hydrogen-bond acceptors (Lipinski definition) is 0. The van der Waals surface area contributed by atoms with Crippen LogP contribution in [0.5, 0.6) is 5.75 Å². The summed E-state index contributed by atoms with van der Waals surface area (Å²) in [5.41, 5.74) is 0. The van der Waals surface area contributed by atoms with Gasteiger partial charge in [-0.3, -0.25) is 5.11 Å². The van der Waals surface area contributed by atoms with Gasteiger partial charge in [-0.05, 0) is 12.1 Å². The summed E-state index contributed by atoms with van der Waals surface area (Å²) >= 11 is 0. The van der Waals surface area contributed by atoms with Crippen molar-refractivity contribution in [3.8, 4) is 5.75 Å². The van der Waals surface area contributed by atoms with Crippen LogP contribution < -0.4 is 0 Å². The molecule has 1 aromatic carbocycles. The first-order valence-electron chi connectivity index (χ1n) is 2.11. The molecule has 0 aliphatic carbocycles. The molecule has 0 aliphatic heterocycles. The fraction of sp³-hybridized carbons (Fsp3) is 0. The van der Waals surface area contributed by atoms with Crippen LogP contribution in [0, 0.1) is 0 Å². The van der Waals surface area contributed by atoms with Crippen LogP contribution in [-0.4, -0.2) is 0 Å². The molecule has 0 aromatic heterocycles. The summed E-state index contributed by atoms with van der Waals surface area (Å²) in [6, 6.07) is 8.33. The first kappa shape index (κ1) is 4.19. The van der Waals surface area contributed by atoms with Crippen LogP contribution >= 0.6 is 0 Å². The van der Waals surface area contributed by atoms with Crippen molar-refractivity contribution in [3.63, 3.8) is 0 Å². The zero-order chi connectivity index (χ0) is 5.11. The molecule has 1 rings (SSSR count). The SMILES string of the molecule is [O][14c]1ccccc1. The molecular weight excluding hydrogens is 90.1 g/mol. The smallest absolute Gasteiger partial charge is 0.178 e. The van der Waals surface area contributed by atoms with E-state index in [-0.39, 0.29) is 5.75 Å². The van der Waals surface area contributed by atoms with Gasteiger partial charge in [0.25, 0.3) is 0 Å². The molecule has 35 valence electrons. The van der Waals surface area contributed by atoms with E-state index < -0.39 is 0 Å². The Hall–Kier alpha value is -0.980. The van der Waals surface area contributed by atoms with E-state index in [0.717, 1.165) is 0 Å². The predicted octanol–water partition coefficient (Wildman–Crippen LogP) is 1.83. The van der Waals surface area contributed by atoms with Crippen molar-refractivity contribution in [1.29, 1.82) is 0 Å². The van der Waals surface area contributed by atoms with E-state index in [1.165, 1.54) is 12.1 Å². The van der Waals surface area contributed by atoms with Crippen LogP contribution in [0.1, 0.15) is 0 Å². The van der Waals surface area contributed by atoms with E-state index in [0.29, 0.717) is 0 Å². The summed E-state index contributed by atoms with van der Waals surface area (Å²) in [4.78, 5) is 0. The van der Waals surface area contributed by atoms with Crippen molar-refractivity contribution in [2.24, 2.45) is 0 Å². The summed E-state index contributed by atoms with van der Waals surface area (Å²) in [6.07, 6.45) is 0. The lowest BCUT2D eigenvalue weighted by Crippen LogP contribution is -1.54. The highest BCUT2D eigenvalue weighted by molar-refractivity contribution is 5.18. The van der Waals surface area contributed by atoms with Gasteiger partial charge in [0.2, 0.25) is 0 Å². The molecule has 1 nitrogen and oxygen atoms in total. The van der Waals surface area contributed by atoms with Gasteiger partial charge in [-0.25, -0.2) is 0 Å². The van der Waals surface area contributed by atoms with Crippen LogP contribution in [0.3, 0.4) is 0 Å². The molecule has 1 radical (unpaired) electrons. The standard InChI is InChI=1S/C6H5O/c7-6-4-2-1-3-5-6/h1-5H/i6+2. The highest BCUT2D eigenvalue weighted by atomic mass is 16.5. The normalized spacial score (nSPS) is 8.57. The first-order chi connectivity index (χ1) is 3.39. The van der Waals surface area contributed by atoms with Crippen LogP contribution in [0.25, 0.3) is 0 Å². The summed E-state index contributed by atoms with van der Waals surface area (Å²) in [6.45, 7) is 0. The molecule has 1 heteroatoms. The summed E-state index contributed by atoms with van der Waals surface area (Å²) in [5.74, 6) is 0.0718. The molecule has 0 saturated carbocycles. The van der Waals surface area contributed by atoms with E-state index >= 15 is 0 Å². The number of hydrogen-bond donors (Lipinski definition) is 0. The number of benzene rings is 1. The van der Waals surface area contributed by atoms with Crippen LogP contribution in [0.15, 0.2) is 30.3 Å². The van der Waals surface area contributed by atoms with Gasteiger partial charge in [0, 0.05) is 0 Å². The van der Waals surface area contributed by atoms with Gasteiger partial charge in [0.15, 0.2) is 5.75 Å². The monoisotopic (exact) mass is 95.0 g/mol. The van der Waals surface area contributed by atoms with E-state index in [4.69, 9.17) is 0 Å². The van der Waals surface area contributed by atoms with Crippen molar-refractivity contribution < 1.29 is 5.11 Å². The highest BCUT2D eigenvalue weighted by Gasteiger charge is 1.78. The fourth-order valence-corrected chi connectivity index (χ4v) is 0.420. The Morgan fingerprint density at radius 3 is 1.86 bits per heavy atom. The molecule has 0 fully saturated rings. The summed E-state index contributed by atoms with van der Waals surface area (Å²) < 4.78 is 0. The molecule has 0 N–H and O–H groups in total. The molecule has 0 spiro atoms. The molecule has 1 aromatic rings. The lowest BCUT2D eigenvalue weighted by atomic mass is 10.5. The molecule has 0 aliphatic rings. The summed E-state index contributed by atoms with van der Waals surface area (Å²) in [5, 5.41) is 10.3. The van der Waals surface area contributed by atoms with Gasteiger partial charge in [0.05, 0.1) is 0 Å². The first-order valence-corrected chi connectivity index (χ1v) is 2.11. The molecule has 0 bridgehead atoms. The molecule has 0 amide bonds. The van der Waals surface area contributed by atoms with Gasteiger partial charge >= 0.3 is 0 Å². The maximum Gasteiger partial charge on any atom is 0.178 e. The van der Waals surface area contributed by atoms with Crippen molar-refractivity contribution >= 4 is 0 Å². The maximum absolute atomic E-state index is 10.3. The zero-order valence-corrected chi connectivity index (χ0v) is 3.79. The Kier molecular flexibility index (Phi) is 0.984. The third-order valence-corrected chi connectivity index (χ3v) is 0.743. The van der Waals surface area contributed by atoms with Crippen molar-refractivity contribution in [2.45, 2.75) is 0 Å². The van der Waals surface area contributed by atoms with Crippen molar-refractivity contribution in [1.82, 2.24) is 0 Å². The van der Waals surface area contributed by atoms with E-state index in [2.05, 4.69) is 0 Å². The van der Waals surface area contributed by atoms with E-state index in [9.17, 15) is 5.11 Å². The largest absolute Gasteiger partial charge is 0.290 e. The quantitative estimate of drug-likeness (QED) is 0.468.